The predicted octanol–water partition coefficient (Wildman–Crippen LogP) is 2.67. The van der Waals surface area contributed by atoms with Crippen LogP contribution in [-0.2, 0) is 13.2 Å². The smallest absolute Gasteiger partial charge is 0.146 e. The number of fused-ring (bicyclic) bond motifs is 1. The van der Waals surface area contributed by atoms with Crippen molar-refractivity contribution in [3.8, 4) is 5.75 Å². The molecule has 0 aliphatic rings. The van der Waals surface area contributed by atoms with Gasteiger partial charge in [0.2, 0.25) is 0 Å². The lowest BCUT2D eigenvalue weighted by Crippen LogP contribution is -2.02. The normalized spacial score (nSPS) is 10.7. The van der Waals surface area contributed by atoms with Crippen LogP contribution in [-0.4, -0.2) is 9.97 Å². The number of nitrogens with two attached hydrogens (primary N) is 1. The maximum absolute atomic E-state index is 5.87. The summed E-state index contributed by atoms with van der Waals surface area (Å²) in [4.78, 5) is 8.54. The molecule has 4 nitrogen and oxygen atoms in total. The zero-order chi connectivity index (χ0) is 13.8. The van der Waals surface area contributed by atoms with Gasteiger partial charge < -0.3 is 10.5 Å². The summed E-state index contributed by atoms with van der Waals surface area (Å²) in [5, 5.41) is 1.07. The summed E-state index contributed by atoms with van der Waals surface area (Å²) < 4.78 is 5.87. The number of benzene rings is 1. The van der Waals surface area contributed by atoms with E-state index in [1.807, 2.05) is 42.5 Å². The maximum Gasteiger partial charge on any atom is 0.146 e. The molecule has 2 aromatic heterocycles. The number of pyridine rings is 2. The van der Waals surface area contributed by atoms with Crippen LogP contribution in [0.15, 0.2) is 54.9 Å². The molecule has 0 bridgehead atoms. The van der Waals surface area contributed by atoms with Gasteiger partial charge >= 0.3 is 0 Å². The van der Waals surface area contributed by atoms with Crippen LogP contribution < -0.4 is 10.5 Å². The van der Waals surface area contributed by atoms with Crippen LogP contribution in [0.5, 0.6) is 5.75 Å². The van der Waals surface area contributed by atoms with E-state index in [0.29, 0.717) is 13.2 Å². The van der Waals surface area contributed by atoms with E-state index in [-0.39, 0.29) is 0 Å². The van der Waals surface area contributed by atoms with E-state index in [9.17, 15) is 0 Å². The number of nitrogens with zero attached hydrogens (tertiary/aromatic N) is 2. The quantitative estimate of drug-likeness (QED) is 0.787. The number of hydrogen-bond acceptors (Lipinski definition) is 4. The van der Waals surface area contributed by atoms with E-state index in [4.69, 9.17) is 10.5 Å². The number of rotatable bonds is 4. The Kier molecular flexibility index (Phi) is 3.56. The largest absolute Gasteiger partial charge is 0.487 e. The van der Waals surface area contributed by atoms with Gasteiger partial charge in [0.15, 0.2) is 0 Å². The second kappa shape index (κ2) is 5.67. The van der Waals surface area contributed by atoms with Crippen molar-refractivity contribution in [1.29, 1.82) is 0 Å². The summed E-state index contributed by atoms with van der Waals surface area (Å²) >= 11 is 0. The van der Waals surface area contributed by atoms with Crippen molar-refractivity contribution in [3.63, 3.8) is 0 Å². The first-order valence-electron chi connectivity index (χ1n) is 6.47. The van der Waals surface area contributed by atoms with Gasteiger partial charge in [-0.05, 0) is 29.8 Å². The monoisotopic (exact) mass is 265 g/mol. The Morgan fingerprint density at radius 2 is 1.90 bits per heavy atom. The van der Waals surface area contributed by atoms with Gasteiger partial charge in [-0.2, -0.15) is 0 Å². The SMILES string of the molecule is NCc1cc(COc2cccc3cccnc23)ccn1. The molecule has 2 N–H and O–H groups in total. The third kappa shape index (κ3) is 2.60. The highest BCUT2D eigenvalue weighted by molar-refractivity contribution is 5.84. The van der Waals surface area contributed by atoms with Crippen LogP contribution in [0.25, 0.3) is 10.9 Å². The zero-order valence-corrected chi connectivity index (χ0v) is 11.0. The molecule has 1 aromatic carbocycles. The van der Waals surface area contributed by atoms with Crippen LogP contribution in [0.2, 0.25) is 0 Å². The Balaban J connectivity index is 1.83. The van der Waals surface area contributed by atoms with Gasteiger partial charge in [-0.15, -0.1) is 0 Å². The molecule has 3 rings (SSSR count). The molecular weight excluding hydrogens is 250 g/mol. The fourth-order valence-corrected chi connectivity index (χ4v) is 2.08. The molecule has 0 fully saturated rings. The highest BCUT2D eigenvalue weighted by Crippen LogP contribution is 2.23. The predicted molar refractivity (Wildman–Crippen MR) is 78.2 cm³/mol. The van der Waals surface area contributed by atoms with Crippen molar-refractivity contribution in [2.75, 3.05) is 0 Å². The molecule has 4 heteroatoms. The third-order valence-corrected chi connectivity index (χ3v) is 3.08. The Morgan fingerprint density at radius 1 is 1.00 bits per heavy atom. The van der Waals surface area contributed by atoms with E-state index in [1.165, 1.54) is 0 Å². The molecule has 0 spiro atoms. The van der Waals surface area contributed by atoms with E-state index < -0.39 is 0 Å². The molecule has 3 aromatic rings. The second-order valence-corrected chi connectivity index (χ2v) is 4.48. The Hall–Kier alpha value is -2.46. The zero-order valence-electron chi connectivity index (χ0n) is 11.0. The number of ether oxygens (including phenoxy) is 1. The molecule has 0 saturated carbocycles. The molecule has 20 heavy (non-hydrogen) atoms. The minimum Gasteiger partial charge on any atom is -0.487 e. The van der Waals surface area contributed by atoms with Gasteiger partial charge in [-0.3, -0.25) is 9.97 Å². The molecule has 0 atom stereocenters. The molecule has 0 unspecified atom stereocenters. The van der Waals surface area contributed by atoms with Crippen molar-refractivity contribution in [2.24, 2.45) is 5.73 Å². The lowest BCUT2D eigenvalue weighted by atomic mass is 10.2. The summed E-state index contributed by atoms with van der Waals surface area (Å²) in [5.41, 5.74) is 8.38. The van der Waals surface area contributed by atoms with Crippen LogP contribution in [0, 0.1) is 0 Å². The average molecular weight is 265 g/mol. The van der Waals surface area contributed by atoms with Crippen LogP contribution in [0.4, 0.5) is 0 Å². The van der Waals surface area contributed by atoms with E-state index in [0.717, 1.165) is 27.9 Å². The number of para-hydroxylation sites is 1. The first-order chi connectivity index (χ1) is 9.86. The van der Waals surface area contributed by atoms with Crippen molar-refractivity contribution in [2.45, 2.75) is 13.2 Å². The summed E-state index contributed by atoms with van der Waals surface area (Å²) in [6, 6.07) is 13.7. The Labute approximate surface area is 117 Å². The van der Waals surface area contributed by atoms with Crippen LogP contribution in [0.1, 0.15) is 11.3 Å². The average Bonchev–Trinajstić information content (AvgIpc) is 2.53. The molecule has 2 heterocycles. The molecule has 0 aliphatic heterocycles. The summed E-state index contributed by atoms with van der Waals surface area (Å²) in [7, 11) is 0. The molecule has 0 aliphatic carbocycles. The lowest BCUT2D eigenvalue weighted by molar-refractivity contribution is 0.309. The van der Waals surface area contributed by atoms with Gasteiger partial charge in [0, 0.05) is 24.3 Å². The van der Waals surface area contributed by atoms with Gasteiger partial charge in [0.05, 0.1) is 5.69 Å². The van der Waals surface area contributed by atoms with Crippen molar-refractivity contribution in [3.05, 3.63) is 66.1 Å². The molecule has 100 valence electrons. The molecular formula is C16H15N3O. The Bertz CT molecular complexity index is 722. The fraction of sp³-hybridized carbons (Fsp3) is 0.125. The summed E-state index contributed by atoms with van der Waals surface area (Å²) in [6.07, 6.45) is 3.52. The number of hydrogen-bond donors (Lipinski definition) is 1. The standard InChI is InChI=1S/C16H15N3O/c17-10-14-9-12(6-8-18-14)11-20-15-5-1-3-13-4-2-7-19-16(13)15/h1-9H,10-11,17H2. The first-order valence-corrected chi connectivity index (χ1v) is 6.47. The third-order valence-electron chi connectivity index (χ3n) is 3.08. The van der Waals surface area contributed by atoms with Gasteiger partial charge in [-0.1, -0.05) is 18.2 Å². The maximum atomic E-state index is 5.87. The van der Waals surface area contributed by atoms with Crippen molar-refractivity contribution >= 4 is 10.9 Å². The van der Waals surface area contributed by atoms with Crippen LogP contribution >= 0.6 is 0 Å². The second-order valence-electron chi connectivity index (χ2n) is 4.48. The summed E-state index contributed by atoms with van der Waals surface area (Å²) in [5.74, 6) is 0.786. The van der Waals surface area contributed by atoms with Gasteiger partial charge in [0.1, 0.15) is 17.9 Å². The van der Waals surface area contributed by atoms with Crippen molar-refractivity contribution in [1.82, 2.24) is 9.97 Å². The summed E-state index contributed by atoms with van der Waals surface area (Å²) in [6.45, 7) is 0.912. The molecule has 0 radical (unpaired) electrons. The first kappa shape index (κ1) is 12.6. The topological polar surface area (TPSA) is 61.0 Å². The van der Waals surface area contributed by atoms with E-state index >= 15 is 0 Å². The Morgan fingerprint density at radius 3 is 2.80 bits per heavy atom. The van der Waals surface area contributed by atoms with Crippen molar-refractivity contribution < 1.29 is 4.74 Å². The number of aromatic nitrogens is 2. The lowest BCUT2D eigenvalue weighted by Gasteiger charge is -2.09. The van der Waals surface area contributed by atoms with Crippen LogP contribution in [0.3, 0.4) is 0 Å². The minimum atomic E-state index is 0.434. The van der Waals surface area contributed by atoms with E-state index in [2.05, 4.69) is 9.97 Å². The van der Waals surface area contributed by atoms with Gasteiger partial charge in [0.25, 0.3) is 0 Å². The molecule has 0 amide bonds. The minimum absolute atomic E-state index is 0.434. The highest BCUT2D eigenvalue weighted by atomic mass is 16.5. The highest BCUT2D eigenvalue weighted by Gasteiger charge is 2.03. The molecule has 0 saturated heterocycles. The fourth-order valence-electron chi connectivity index (χ4n) is 2.08. The van der Waals surface area contributed by atoms with E-state index in [1.54, 1.807) is 12.4 Å². The van der Waals surface area contributed by atoms with Gasteiger partial charge in [-0.25, -0.2) is 0 Å².